The van der Waals surface area contributed by atoms with Crippen LogP contribution in [-0.4, -0.2) is 5.97 Å². The number of hydrogen-bond acceptors (Lipinski definition) is 5. The van der Waals surface area contributed by atoms with Gasteiger partial charge in [-0.25, -0.2) is 9.18 Å². The second-order valence-corrected chi connectivity index (χ2v) is 6.73. The maximum absolute atomic E-state index is 13.9. The molecule has 0 bridgehead atoms. The number of carbonyl (C=O) groups is 1. The van der Waals surface area contributed by atoms with Gasteiger partial charge in [0, 0.05) is 16.7 Å². The van der Waals surface area contributed by atoms with Crippen LogP contribution < -0.4 is 4.74 Å². The van der Waals surface area contributed by atoms with Crippen molar-refractivity contribution in [2.75, 3.05) is 0 Å². The molecular formula is C20H15FO4S. The molecule has 0 unspecified atom stereocenters. The van der Waals surface area contributed by atoms with Crippen LogP contribution in [0.25, 0.3) is 0 Å². The highest BCUT2D eigenvalue weighted by Crippen LogP contribution is 2.36. The Bertz CT molecular complexity index is 909. The summed E-state index contributed by atoms with van der Waals surface area (Å²) >= 11 is 1.30. The molecule has 2 aromatic carbocycles. The fourth-order valence-electron chi connectivity index (χ4n) is 2.77. The maximum Gasteiger partial charge on any atom is 0.348 e. The zero-order valence-corrected chi connectivity index (χ0v) is 14.5. The first-order valence-electron chi connectivity index (χ1n) is 8.06. The fourth-order valence-corrected chi connectivity index (χ4v) is 3.38. The van der Waals surface area contributed by atoms with Crippen molar-refractivity contribution < 1.29 is 23.4 Å². The summed E-state index contributed by atoms with van der Waals surface area (Å²) in [6, 6.07) is 15.7. The molecule has 3 aromatic rings. The zero-order chi connectivity index (χ0) is 17.9. The molecule has 4 rings (SSSR count). The van der Waals surface area contributed by atoms with Crippen molar-refractivity contribution >= 4 is 17.3 Å². The van der Waals surface area contributed by atoms with Gasteiger partial charge in [0.1, 0.15) is 23.1 Å². The summed E-state index contributed by atoms with van der Waals surface area (Å²) in [6.45, 7) is 0.150. The van der Waals surface area contributed by atoms with E-state index < -0.39 is 18.1 Å². The van der Waals surface area contributed by atoms with Gasteiger partial charge in [-0.1, -0.05) is 36.4 Å². The van der Waals surface area contributed by atoms with Gasteiger partial charge < -0.3 is 14.2 Å². The van der Waals surface area contributed by atoms with Crippen molar-refractivity contribution in [1.82, 2.24) is 0 Å². The Morgan fingerprint density at radius 3 is 2.81 bits per heavy atom. The molecular weight excluding hydrogens is 355 g/mol. The van der Waals surface area contributed by atoms with Gasteiger partial charge in [0.05, 0.1) is 6.61 Å². The van der Waals surface area contributed by atoms with E-state index in [-0.39, 0.29) is 13.2 Å². The van der Waals surface area contributed by atoms with Crippen LogP contribution in [0.3, 0.4) is 0 Å². The van der Waals surface area contributed by atoms with E-state index in [2.05, 4.69) is 0 Å². The topological polar surface area (TPSA) is 44.8 Å². The predicted octanol–water partition coefficient (Wildman–Crippen LogP) is 4.85. The summed E-state index contributed by atoms with van der Waals surface area (Å²) in [4.78, 5) is 12.5. The lowest BCUT2D eigenvalue weighted by molar-refractivity contribution is -0.112. The Balaban J connectivity index is 1.56. The first-order chi connectivity index (χ1) is 12.7. The third-order valence-corrected chi connectivity index (χ3v) is 4.83. The van der Waals surface area contributed by atoms with Crippen molar-refractivity contribution in [3.05, 3.63) is 87.4 Å². The van der Waals surface area contributed by atoms with Crippen molar-refractivity contribution in [1.29, 1.82) is 0 Å². The van der Waals surface area contributed by atoms with E-state index in [1.54, 1.807) is 17.5 Å². The lowest BCUT2D eigenvalue weighted by Crippen LogP contribution is -2.19. The highest BCUT2D eigenvalue weighted by atomic mass is 32.1. The summed E-state index contributed by atoms with van der Waals surface area (Å²) in [5.74, 6) is -0.355. The SMILES string of the molecule is O=C(OCc1cc(F)cc2c1O[C@@H](c1ccccc1)OC2)c1cccs1. The minimum absolute atomic E-state index is 0.0711. The Hall–Kier alpha value is -2.70. The van der Waals surface area contributed by atoms with Crippen LogP contribution in [0, 0.1) is 5.82 Å². The highest BCUT2D eigenvalue weighted by Gasteiger charge is 2.25. The summed E-state index contributed by atoms with van der Waals surface area (Å²) in [6.07, 6.45) is -0.582. The van der Waals surface area contributed by atoms with Crippen LogP contribution >= 0.6 is 11.3 Å². The molecule has 0 radical (unpaired) electrons. The number of fused-ring (bicyclic) bond motifs is 1. The van der Waals surface area contributed by atoms with Crippen LogP contribution in [0.15, 0.2) is 60.0 Å². The number of rotatable bonds is 4. The Morgan fingerprint density at radius 2 is 2.04 bits per heavy atom. The molecule has 1 aromatic heterocycles. The van der Waals surface area contributed by atoms with E-state index in [0.29, 0.717) is 21.8 Å². The molecule has 0 saturated heterocycles. The van der Waals surface area contributed by atoms with Crippen molar-refractivity contribution in [3.63, 3.8) is 0 Å². The van der Waals surface area contributed by atoms with E-state index in [1.807, 2.05) is 30.3 Å². The van der Waals surface area contributed by atoms with E-state index in [0.717, 1.165) is 5.56 Å². The number of benzene rings is 2. The molecule has 4 nitrogen and oxygen atoms in total. The normalized spacial score (nSPS) is 15.8. The Kier molecular flexibility index (Phi) is 4.69. The maximum atomic E-state index is 13.9. The quantitative estimate of drug-likeness (QED) is 0.616. The van der Waals surface area contributed by atoms with E-state index in [1.165, 1.54) is 23.5 Å². The van der Waals surface area contributed by atoms with Crippen LogP contribution in [0.1, 0.15) is 32.7 Å². The van der Waals surface area contributed by atoms with Crippen LogP contribution in [0.4, 0.5) is 4.39 Å². The second kappa shape index (κ2) is 7.27. The van der Waals surface area contributed by atoms with E-state index in [4.69, 9.17) is 14.2 Å². The number of carbonyl (C=O) groups excluding carboxylic acids is 1. The molecule has 1 aliphatic heterocycles. The Labute approximate surface area is 153 Å². The molecule has 132 valence electrons. The average molecular weight is 370 g/mol. The van der Waals surface area contributed by atoms with Crippen LogP contribution in [0.2, 0.25) is 0 Å². The first-order valence-corrected chi connectivity index (χ1v) is 8.94. The molecule has 0 amide bonds. The van der Waals surface area contributed by atoms with Gasteiger partial charge in [-0.2, -0.15) is 0 Å². The molecule has 1 atom stereocenters. The van der Waals surface area contributed by atoms with Gasteiger partial charge in [-0.05, 0) is 23.6 Å². The van der Waals surface area contributed by atoms with Crippen molar-refractivity contribution in [3.8, 4) is 5.75 Å². The summed E-state index contributed by atoms with van der Waals surface area (Å²) in [5.41, 5.74) is 1.94. The molecule has 0 saturated carbocycles. The molecule has 1 aliphatic rings. The standard InChI is InChI=1S/C20H15FO4S/c21-16-9-14(11-23-19(22)17-7-4-8-26-17)18-15(10-16)12-24-20(25-18)13-5-2-1-3-6-13/h1-10,20H,11-12H2/t20-/m0/s1. The van der Waals surface area contributed by atoms with Gasteiger partial charge in [-0.15, -0.1) is 11.3 Å². The highest BCUT2D eigenvalue weighted by molar-refractivity contribution is 7.11. The fraction of sp³-hybridized carbons (Fsp3) is 0.150. The largest absolute Gasteiger partial charge is 0.460 e. The summed E-state index contributed by atoms with van der Waals surface area (Å²) < 4.78 is 30.9. The van der Waals surface area contributed by atoms with Gasteiger partial charge in [-0.3, -0.25) is 0 Å². The number of hydrogen-bond donors (Lipinski definition) is 0. The monoisotopic (exact) mass is 370 g/mol. The minimum Gasteiger partial charge on any atom is -0.460 e. The smallest absolute Gasteiger partial charge is 0.348 e. The average Bonchev–Trinajstić information content (AvgIpc) is 3.21. The van der Waals surface area contributed by atoms with E-state index >= 15 is 0 Å². The number of esters is 1. The predicted molar refractivity (Wildman–Crippen MR) is 94.4 cm³/mol. The summed E-state index contributed by atoms with van der Waals surface area (Å²) in [7, 11) is 0. The zero-order valence-electron chi connectivity index (χ0n) is 13.7. The third-order valence-electron chi connectivity index (χ3n) is 3.98. The molecule has 6 heteroatoms. The summed E-state index contributed by atoms with van der Waals surface area (Å²) in [5, 5.41) is 1.80. The number of halogens is 1. The van der Waals surface area contributed by atoms with Crippen molar-refractivity contribution in [2.24, 2.45) is 0 Å². The Morgan fingerprint density at radius 1 is 1.19 bits per heavy atom. The van der Waals surface area contributed by atoms with Gasteiger partial charge in [0.2, 0.25) is 6.29 Å². The van der Waals surface area contributed by atoms with Gasteiger partial charge in [0.15, 0.2) is 0 Å². The third kappa shape index (κ3) is 3.47. The first kappa shape index (κ1) is 16.8. The molecule has 0 spiro atoms. The second-order valence-electron chi connectivity index (χ2n) is 5.78. The molecule has 0 fully saturated rings. The molecule has 0 N–H and O–H groups in total. The number of thiophene rings is 1. The number of ether oxygens (including phenoxy) is 3. The van der Waals surface area contributed by atoms with Crippen molar-refractivity contribution in [2.45, 2.75) is 19.5 Å². The molecule has 0 aliphatic carbocycles. The lowest BCUT2D eigenvalue weighted by Gasteiger charge is -2.28. The molecule has 26 heavy (non-hydrogen) atoms. The van der Waals surface area contributed by atoms with Crippen LogP contribution in [0.5, 0.6) is 5.75 Å². The lowest BCUT2D eigenvalue weighted by atomic mass is 10.1. The minimum atomic E-state index is -0.582. The van der Waals surface area contributed by atoms with Crippen LogP contribution in [-0.2, 0) is 22.7 Å². The van der Waals surface area contributed by atoms with Gasteiger partial charge in [0.25, 0.3) is 0 Å². The van der Waals surface area contributed by atoms with E-state index in [9.17, 15) is 9.18 Å². The van der Waals surface area contributed by atoms with Gasteiger partial charge >= 0.3 is 5.97 Å². The molecule has 2 heterocycles.